The second-order valence-corrected chi connectivity index (χ2v) is 9.92. The number of hydrogen-bond donors (Lipinski definition) is 0. The highest BCUT2D eigenvalue weighted by Crippen LogP contribution is 2.49. The van der Waals surface area contributed by atoms with Crippen LogP contribution in [-0.4, -0.2) is 35.6 Å². The van der Waals surface area contributed by atoms with Crippen LogP contribution < -0.4 is 4.90 Å². The molecule has 2 heterocycles. The third kappa shape index (κ3) is 3.88. The maximum atomic E-state index is 14.1. The predicted octanol–water partition coefficient (Wildman–Crippen LogP) is 4.83. The van der Waals surface area contributed by atoms with Crippen molar-refractivity contribution >= 4 is 29.3 Å². The van der Waals surface area contributed by atoms with E-state index >= 15 is 0 Å². The average molecular weight is 538 g/mol. The Labute approximate surface area is 212 Å². The zero-order valence-electron chi connectivity index (χ0n) is 20.0. The molecule has 6 nitrogen and oxygen atoms in total. The molecule has 2 aliphatic heterocycles. The summed E-state index contributed by atoms with van der Waals surface area (Å²) in [6, 6.07) is 5.27. The summed E-state index contributed by atoms with van der Waals surface area (Å²) in [4.78, 5) is 52.8. The molecular weight excluding hydrogens is 518 g/mol. The topological polar surface area (TPSA) is 74.8 Å². The van der Waals surface area contributed by atoms with Gasteiger partial charge in [0.1, 0.15) is 0 Å². The van der Waals surface area contributed by atoms with E-state index in [1.165, 1.54) is 20.0 Å². The molecule has 200 valence electrons. The van der Waals surface area contributed by atoms with E-state index < -0.39 is 87.6 Å². The number of hydrogen-bond acceptors (Lipinski definition) is 4. The standard InChI is InChI=1S/C26H20F6N2O4/c1-11-3-5-13(19(7-11)25(27,28)29)14-6-4-12(8-20(14)26(30,31)32)34-23(37)17-9-15-16(10-18(17)24(34)38)22(36)33(2)21(15)35/h3-8,15-18H,9-10H2,1-2H3. The molecule has 2 aromatic rings. The smallest absolute Gasteiger partial charge is 0.285 e. The zero-order chi connectivity index (χ0) is 27.9. The van der Waals surface area contributed by atoms with Crippen LogP contribution in [0, 0.1) is 30.6 Å². The number of aryl methyl sites for hydroxylation is 1. The normalized spacial score (nSPS) is 25.8. The number of likely N-dealkylation sites (tertiary alicyclic amines) is 1. The van der Waals surface area contributed by atoms with Crippen LogP contribution in [-0.2, 0) is 31.5 Å². The lowest BCUT2D eigenvalue weighted by atomic mass is 9.70. The van der Waals surface area contributed by atoms with Gasteiger partial charge < -0.3 is 0 Å². The van der Waals surface area contributed by atoms with Crippen LogP contribution in [0.2, 0.25) is 0 Å². The molecule has 1 aliphatic carbocycles. The highest BCUT2D eigenvalue weighted by molar-refractivity contribution is 6.22. The Morgan fingerprint density at radius 1 is 0.658 bits per heavy atom. The van der Waals surface area contributed by atoms with Gasteiger partial charge in [-0.25, -0.2) is 0 Å². The molecule has 3 fully saturated rings. The fraction of sp³-hybridized carbons (Fsp3) is 0.385. The molecule has 0 aromatic heterocycles. The Balaban J connectivity index is 1.56. The second kappa shape index (κ2) is 8.40. The molecule has 4 unspecified atom stereocenters. The van der Waals surface area contributed by atoms with Crippen molar-refractivity contribution in [1.82, 2.24) is 4.90 Å². The van der Waals surface area contributed by atoms with Crippen LogP contribution in [0.4, 0.5) is 32.0 Å². The van der Waals surface area contributed by atoms with Gasteiger partial charge in [-0.3, -0.25) is 29.0 Å². The van der Waals surface area contributed by atoms with E-state index in [9.17, 15) is 45.5 Å². The summed E-state index contributed by atoms with van der Waals surface area (Å²) in [6.45, 7) is 1.38. The number of alkyl halides is 6. The molecule has 4 amide bonds. The Bertz CT molecular complexity index is 1360. The summed E-state index contributed by atoms with van der Waals surface area (Å²) in [5, 5.41) is 0. The molecule has 12 heteroatoms. The van der Waals surface area contributed by atoms with Gasteiger partial charge in [0.25, 0.3) is 0 Å². The fourth-order valence-electron chi connectivity index (χ4n) is 5.86. The number of carbonyl (C=O) groups excluding carboxylic acids is 4. The molecule has 0 spiro atoms. The number of carbonyl (C=O) groups is 4. The number of anilines is 1. The van der Waals surface area contributed by atoms with E-state index in [0.717, 1.165) is 29.2 Å². The number of benzene rings is 2. The molecule has 38 heavy (non-hydrogen) atoms. The number of imide groups is 2. The largest absolute Gasteiger partial charge is 0.417 e. The second-order valence-electron chi connectivity index (χ2n) is 9.92. The van der Waals surface area contributed by atoms with Crippen molar-refractivity contribution < 1.29 is 45.5 Å². The summed E-state index contributed by atoms with van der Waals surface area (Å²) < 4.78 is 83.4. The van der Waals surface area contributed by atoms with E-state index in [1.54, 1.807) is 0 Å². The lowest BCUT2D eigenvalue weighted by Crippen LogP contribution is -2.35. The fourth-order valence-corrected chi connectivity index (χ4v) is 5.86. The number of rotatable bonds is 2. The van der Waals surface area contributed by atoms with Crippen LogP contribution >= 0.6 is 0 Å². The average Bonchev–Trinajstić information content (AvgIpc) is 3.21. The van der Waals surface area contributed by atoms with Gasteiger partial charge in [0.05, 0.1) is 40.5 Å². The minimum Gasteiger partial charge on any atom is -0.285 e. The van der Waals surface area contributed by atoms with Gasteiger partial charge in [-0.15, -0.1) is 0 Å². The van der Waals surface area contributed by atoms with Crippen LogP contribution in [0.15, 0.2) is 36.4 Å². The van der Waals surface area contributed by atoms with Gasteiger partial charge in [0.15, 0.2) is 0 Å². The summed E-state index contributed by atoms with van der Waals surface area (Å²) in [6.07, 6.45) is -10.2. The zero-order valence-corrected chi connectivity index (χ0v) is 20.0. The molecule has 0 radical (unpaired) electrons. The Kier molecular flexibility index (Phi) is 5.73. The number of nitrogens with zero attached hydrogens (tertiary/aromatic N) is 2. The van der Waals surface area contributed by atoms with Crippen molar-refractivity contribution in [3.05, 3.63) is 53.1 Å². The van der Waals surface area contributed by atoms with Gasteiger partial charge in [-0.05, 0) is 49.1 Å². The maximum absolute atomic E-state index is 14.1. The van der Waals surface area contributed by atoms with Crippen molar-refractivity contribution in [3.63, 3.8) is 0 Å². The van der Waals surface area contributed by atoms with Crippen LogP contribution in [0.3, 0.4) is 0 Å². The molecule has 0 N–H and O–H groups in total. The first kappa shape index (κ1) is 25.9. The molecule has 0 bridgehead atoms. The Hall–Kier alpha value is -3.70. The quantitative estimate of drug-likeness (QED) is 0.406. The lowest BCUT2D eigenvalue weighted by Gasteiger charge is -2.28. The molecule has 4 atom stereocenters. The Morgan fingerprint density at radius 2 is 1.08 bits per heavy atom. The third-order valence-electron chi connectivity index (χ3n) is 7.70. The molecule has 2 saturated heterocycles. The minimum atomic E-state index is -5.11. The summed E-state index contributed by atoms with van der Waals surface area (Å²) >= 11 is 0. The van der Waals surface area contributed by atoms with Crippen LogP contribution in [0.5, 0.6) is 0 Å². The van der Waals surface area contributed by atoms with E-state index in [1.807, 2.05) is 0 Å². The first-order valence-electron chi connectivity index (χ1n) is 11.7. The number of halogens is 6. The lowest BCUT2D eigenvalue weighted by molar-refractivity contribution is -0.139. The molecule has 2 aromatic carbocycles. The van der Waals surface area contributed by atoms with Gasteiger partial charge in [0.2, 0.25) is 23.6 Å². The van der Waals surface area contributed by atoms with E-state index in [2.05, 4.69) is 0 Å². The third-order valence-corrected chi connectivity index (χ3v) is 7.70. The SMILES string of the molecule is Cc1ccc(-c2ccc(N3C(=O)C4CC5C(=O)N(C)C(=O)C5CC4C3=O)cc2C(F)(F)F)c(C(F)(F)F)c1. The van der Waals surface area contributed by atoms with Crippen molar-refractivity contribution in [3.8, 4) is 11.1 Å². The molecule has 5 rings (SSSR count). The number of amides is 4. The van der Waals surface area contributed by atoms with Crippen LogP contribution in [0.1, 0.15) is 29.5 Å². The summed E-state index contributed by atoms with van der Waals surface area (Å²) in [7, 11) is 1.31. The molecular formula is C26H20F6N2O4. The summed E-state index contributed by atoms with van der Waals surface area (Å²) in [5.74, 6) is -6.12. The molecule has 3 aliphatic rings. The van der Waals surface area contributed by atoms with E-state index in [0.29, 0.717) is 11.0 Å². The van der Waals surface area contributed by atoms with E-state index in [4.69, 9.17) is 0 Å². The summed E-state index contributed by atoms with van der Waals surface area (Å²) in [5.41, 5.74) is -4.37. The van der Waals surface area contributed by atoms with Crippen molar-refractivity contribution in [1.29, 1.82) is 0 Å². The highest BCUT2D eigenvalue weighted by atomic mass is 19.4. The number of fused-ring (bicyclic) bond motifs is 2. The van der Waals surface area contributed by atoms with Crippen molar-refractivity contribution in [2.24, 2.45) is 23.7 Å². The Morgan fingerprint density at radius 3 is 1.55 bits per heavy atom. The maximum Gasteiger partial charge on any atom is 0.417 e. The van der Waals surface area contributed by atoms with Crippen molar-refractivity contribution in [2.75, 3.05) is 11.9 Å². The molecule has 1 saturated carbocycles. The van der Waals surface area contributed by atoms with Crippen LogP contribution in [0.25, 0.3) is 11.1 Å². The van der Waals surface area contributed by atoms with Gasteiger partial charge in [0, 0.05) is 7.05 Å². The first-order valence-corrected chi connectivity index (χ1v) is 11.7. The first-order chi connectivity index (χ1) is 17.6. The highest BCUT2D eigenvalue weighted by Gasteiger charge is 2.59. The van der Waals surface area contributed by atoms with E-state index in [-0.39, 0.29) is 18.4 Å². The minimum absolute atomic E-state index is 0.0894. The van der Waals surface area contributed by atoms with Gasteiger partial charge in [-0.1, -0.05) is 23.8 Å². The predicted molar refractivity (Wildman–Crippen MR) is 120 cm³/mol. The van der Waals surface area contributed by atoms with Gasteiger partial charge in [-0.2, -0.15) is 26.3 Å². The van der Waals surface area contributed by atoms with Gasteiger partial charge >= 0.3 is 12.4 Å². The van der Waals surface area contributed by atoms with Crippen molar-refractivity contribution in [2.45, 2.75) is 32.1 Å². The monoisotopic (exact) mass is 538 g/mol.